The van der Waals surface area contributed by atoms with Crippen LogP contribution in [0.1, 0.15) is 57.4 Å². The predicted molar refractivity (Wildman–Crippen MR) is 142 cm³/mol. The van der Waals surface area contributed by atoms with Crippen molar-refractivity contribution in [2.75, 3.05) is 39.8 Å². The Bertz CT molecular complexity index is 817. The Balaban J connectivity index is 0.000000182. The topological polar surface area (TPSA) is 61.4 Å². The third-order valence-electron chi connectivity index (χ3n) is 6.50. The zero-order valence-electron chi connectivity index (χ0n) is 21.3. The van der Waals surface area contributed by atoms with Crippen molar-refractivity contribution < 1.29 is 9.59 Å². The lowest BCUT2D eigenvalue weighted by Gasteiger charge is -2.29. The third-order valence-corrected chi connectivity index (χ3v) is 6.50. The number of amides is 1. The molecule has 1 amide bonds. The van der Waals surface area contributed by atoms with Gasteiger partial charge in [0, 0.05) is 26.1 Å². The SMILES string of the molecule is CCC1=CC=C(C)C=CC1.CN1CCC(c2ccccc2)CC1.O=CCCNC(=O)C1CNC1. The quantitative estimate of drug-likeness (QED) is 0.475. The molecule has 4 rings (SSSR count). The summed E-state index contributed by atoms with van der Waals surface area (Å²) < 4.78 is 0. The first-order valence-corrected chi connectivity index (χ1v) is 12.7. The zero-order valence-corrected chi connectivity index (χ0v) is 21.3. The van der Waals surface area contributed by atoms with Gasteiger partial charge in [0.25, 0.3) is 0 Å². The summed E-state index contributed by atoms with van der Waals surface area (Å²) in [7, 11) is 2.21. The summed E-state index contributed by atoms with van der Waals surface area (Å²) in [4.78, 5) is 23.3. The number of allylic oxidation sites excluding steroid dienone is 6. The van der Waals surface area contributed by atoms with Crippen LogP contribution in [-0.2, 0) is 9.59 Å². The molecule has 5 heteroatoms. The average Bonchev–Trinajstić information content (AvgIpc) is 3.04. The molecule has 1 aromatic rings. The van der Waals surface area contributed by atoms with Crippen LogP contribution >= 0.6 is 0 Å². The first-order chi connectivity index (χ1) is 16.5. The number of piperidine rings is 1. The number of aldehydes is 1. The van der Waals surface area contributed by atoms with Gasteiger partial charge in [-0.15, -0.1) is 0 Å². The van der Waals surface area contributed by atoms with Crippen molar-refractivity contribution in [3.05, 3.63) is 71.3 Å². The molecule has 2 aliphatic heterocycles. The molecule has 0 aromatic heterocycles. The molecular formula is C29H43N3O2. The van der Waals surface area contributed by atoms with Crippen molar-refractivity contribution >= 4 is 12.2 Å². The highest BCUT2D eigenvalue weighted by Crippen LogP contribution is 2.26. The highest BCUT2D eigenvalue weighted by molar-refractivity contribution is 5.80. The Kier molecular flexibility index (Phi) is 13.2. The van der Waals surface area contributed by atoms with Crippen LogP contribution in [0.15, 0.2) is 65.8 Å². The van der Waals surface area contributed by atoms with Gasteiger partial charge in [-0.1, -0.05) is 72.7 Å². The smallest absolute Gasteiger partial charge is 0.225 e. The number of nitrogens with zero attached hydrogens (tertiary/aromatic N) is 1. The average molecular weight is 466 g/mol. The lowest BCUT2D eigenvalue weighted by atomic mass is 9.90. The normalized spacial score (nSPS) is 18.6. The van der Waals surface area contributed by atoms with E-state index in [4.69, 9.17) is 0 Å². The molecule has 2 N–H and O–H groups in total. The fourth-order valence-electron chi connectivity index (χ4n) is 3.97. The fourth-order valence-corrected chi connectivity index (χ4v) is 3.97. The number of likely N-dealkylation sites (tertiary alicyclic amines) is 1. The summed E-state index contributed by atoms with van der Waals surface area (Å²) in [6, 6.07) is 10.9. The van der Waals surface area contributed by atoms with Crippen molar-refractivity contribution in [1.82, 2.24) is 15.5 Å². The van der Waals surface area contributed by atoms with Gasteiger partial charge < -0.3 is 20.3 Å². The van der Waals surface area contributed by atoms with Crippen molar-refractivity contribution in [3.8, 4) is 0 Å². The molecular weight excluding hydrogens is 422 g/mol. The number of carbonyl (C=O) groups is 2. The van der Waals surface area contributed by atoms with E-state index in [-0.39, 0.29) is 11.8 Å². The van der Waals surface area contributed by atoms with Crippen LogP contribution in [0.25, 0.3) is 0 Å². The van der Waals surface area contributed by atoms with Gasteiger partial charge >= 0.3 is 0 Å². The maximum absolute atomic E-state index is 11.0. The number of rotatable bonds is 6. The number of hydrogen-bond acceptors (Lipinski definition) is 4. The van der Waals surface area contributed by atoms with E-state index in [1.165, 1.54) is 49.1 Å². The summed E-state index contributed by atoms with van der Waals surface area (Å²) in [6.45, 7) is 8.84. The lowest BCUT2D eigenvalue weighted by Crippen LogP contribution is -2.50. The number of carbonyl (C=O) groups excluding carboxylic acids is 2. The first-order valence-electron chi connectivity index (χ1n) is 12.7. The highest BCUT2D eigenvalue weighted by Gasteiger charge is 2.23. The number of hydrogen-bond donors (Lipinski definition) is 2. The molecule has 2 heterocycles. The van der Waals surface area contributed by atoms with E-state index in [0.29, 0.717) is 13.0 Å². The highest BCUT2D eigenvalue weighted by atomic mass is 16.2. The molecule has 2 saturated heterocycles. The Labute approximate surface area is 206 Å². The first kappa shape index (κ1) is 27.7. The Morgan fingerprint density at radius 2 is 1.85 bits per heavy atom. The summed E-state index contributed by atoms with van der Waals surface area (Å²) in [6.07, 6.45) is 15.0. The third kappa shape index (κ3) is 10.6. The second kappa shape index (κ2) is 16.2. The molecule has 5 nitrogen and oxygen atoms in total. The largest absolute Gasteiger partial charge is 0.355 e. The fraction of sp³-hybridized carbons (Fsp3) is 0.517. The minimum Gasteiger partial charge on any atom is -0.355 e. The molecule has 0 unspecified atom stereocenters. The maximum Gasteiger partial charge on any atom is 0.225 e. The summed E-state index contributed by atoms with van der Waals surface area (Å²) in [5.74, 6) is 0.990. The van der Waals surface area contributed by atoms with E-state index in [9.17, 15) is 9.59 Å². The Morgan fingerprint density at radius 1 is 1.15 bits per heavy atom. The van der Waals surface area contributed by atoms with E-state index >= 15 is 0 Å². The van der Waals surface area contributed by atoms with Gasteiger partial charge in [-0.05, 0) is 64.2 Å². The molecule has 0 bridgehead atoms. The van der Waals surface area contributed by atoms with Gasteiger partial charge in [0.05, 0.1) is 5.92 Å². The van der Waals surface area contributed by atoms with Crippen LogP contribution in [-0.4, -0.2) is 56.9 Å². The van der Waals surface area contributed by atoms with Gasteiger partial charge in [-0.25, -0.2) is 0 Å². The summed E-state index contributed by atoms with van der Waals surface area (Å²) in [5, 5.41) is 5.68. The Hall–Kier alpha value is -2.50. The molecule has 0 spiro atoms. The van der Waals surface area contributed by atoms with Crippen LogP contribution < -0.4 is 10.6 Å². The second-order valence-corrected chi connectivity index (χ2v) is 9.29. The second-order valence-electron chi connectivity index (χ2n) is 9.29. The summed E-state index contributed by atoms with van der Waals surface area (Å²) in [5.41, 5.74) is 4.40. The molecule has 0 atom stereocenters. The van der Waals surface area contributed by atoms with Crippen molar-refractivity contribution in [2.24, 2.45) is 5.92 Å². The summed E-state index contributed by atoms with van der Waals surface area (Å²) >= 11 is 0. The van der Waals surface area contributed by atoms with E-state index in [2.05, 4.69) is 91.1 Å². The molecule has 2 fully saturated rings. The van der Waals surface area contributed by atoms with Gasteiger partial charge in [-0.2, -0.15) is 0 Å². The van der Waals surface area contributed by atoms with Crippen LogP contribution in [0.5, 0.6) is 0 Å². The van der Waals surface area contributed by atoms with Crippen LogP contribution in [0, 0.1) is 5.92 Å². The monoisotopic (exact) mass is 465 g/mol. The molecule has 34 heavy (non-hydrogen) atoms. The lowest BCUT2D eigenvalue weighted by molar-refractivity contribution is -0.126. The minimum absolute atomic E-state index is 0.0607. The van der Waals surface area contributed by atoms with Crippen molar-refractivity contribution in [3.63, 3.8) is 0 Å². The number of nitrogens with one attached hydrogen (secondary N) is 2. The van der Waals surface area contributed by atoms with Crippen molar-refractivity contribution in [1.29, 1.82) is 0 Å². The molecule has 1 aliphatic carbocycles. The van der Waals surface area contributed by atoms with Gasteiger partial charge in [-0.3, -0.25) is 4.79 Å². The molecule has 1 aromatic carbocycles. The zero-order chi connectivity index (χ0) is 24.6. The van der Waals surface area contributed by atoms with Crippen LogP contribution in [0.2, 0.25) is 0 Å². The van der Waals surface area contributed by atoms with Crippen LogP contribution in [0.3, 0.4) is 0 Å². The maximum atomic E-state index is 11.0. The van der Waals surface area contributed by atoms with E-state index < -0.39 is 0 Å². The van der Waals surface area contributed by atoms with Gasteiger partial charge in [0.15, 0.2) is 0 Å². The minimum atomic E-state index is 0.0607. The van der Waals surface area contributed by atoms with Crippen molar-refractivity contribution in [2.45, 2.75) is 51.9 Å². The molecule has 186 valence electrons. The van der Waals surface area contributed by atoms with Gasteiger partial charge in [0.1, 0.15) is 6.29 Å². The molecule has 0 saturated carbocycles. The predicted octanol–water partition coefficient (Wildman–Crippen LogP) is 4.64. The van der Waals surface area contributed by atoms with E-state index in [1.807, 2.05) is 0 Å². The molecule has 3 aliphatic rings. The standard InChI is InChI=1S/C12H17N.C10H14.C7H12N2O2/c1-13-9-7-12(8-10-13)11-5-3-2-4-6-11;1-3-10-6-4-5-9(2)7-8-10;10-3-1-2-9-7(11)6-4-8-5-6/h2-6,12H,7-10H2,1H3;4-5,7-8H,3,6H2,1-2H3;3,6,8H,1-2,4-5H2,(H,9,11). The number of benzene rings is 1. The van der Waals surface area contributed by atoms with Crippen LogP contribution in [0.4, 0.5) is 0 Å². The van der Waals surface area contributed by atoms with E-state index in [0.717, 1.165) is 31.7 Å². The van der Waals surface area contributed by atoms with E-state index in [1.54, 1.807) is 0 Å². The molecule has 0 radical (unpaired) electrons. The van der Waals surface area contributed by atoms with Gasteiger partial charge in [0.2, 0.25) is 5.91 Å². The Morgan fingerprint density at radius 3 is 2.44 bits per heavy atom.